The van der Waals surface area contributed by atoms with Gasteiger partial charge in [-0.05, 0) is 18.6 Å². The number of pyridine rings is 1. The molecule has 1 atom stereocenters. The number of nitrogens with one attached hydrogen (secondary N) is 1. The van der Waals surface area contributed by atoms with E-state index in [1.165, 1.54) is 12.4 Å². The van der Waals surface area contributed by atoms with E-state index in [9.17, 15) is 9.59 Å². The van der Waals surface area contributed by atoms with Crippen molar-refractivity contribution in [3.05, 3.63) is 58.5 Å². The van der Waals surface area contributed by atoms with Gasteiger partial charge in [-0.15, -0.1) is 0 Å². The first-order valence-corrected chi connectivity index (χ1v) is 7.53. The second-order valence-corrected chi connectivity index (χ2v) is 5.54. The monoisotopic (exact) mass is 314 g/mol. The zero-order valence-corrected chi connectivity index (χ0v) is 12.6. The minimum Gasteiger partial charge on any atom is -0.379 e. The molecule has 120 valence electrons. The van der Waals surface area contributed by atoms with Crippen LogP contribution in [-0.4, -0.2) is 52.1 Å². The summed E-state index contributed by atoms with van der Waals surface area (Å²) in [7, 11) is 0. The number of carbonyl (C=O) groups is 1. The van der Waals surface area contributed by atoms with Crippen molar-refractivity contribution in [2.45, 2.75) is 6.42 Å². The van der Waals surface area contributed by atoms with Gasteiger partial charge in [-0.2, -0.15) is 0 Å². The number of aromatic nitrogens is 3. The third kappa shape index (κ3) is 4.01. The quantitative estimate of drug-likeness (QED) is 0.891. The second-order valence-electron chi connectivity index (χ2n) is 5.54. The Kier molecular flexibility index (Phi) is 4.77. The molecule has 1 saturated heterocycles. The molecule has 2 aromatic rings. The summed E-state index contributed by atoms with van der Waals surface area (Å²) in [5, 5.41) is 0. The molecule has 1 amide bonds. The lowest BCUT2D eigenvalue weighted by Gasteiger charge is -2.23. The number of carbonyl (C=O) groups excluding carboxylic acids is 1. The molecule has 23 heavy (non-hydrogen) atoms. The number of rotatable bonds is 3. The molecule has 7 heteroatoms. The molecule has 0 bridgehead atoms. The zero-order chi connectivity index (χ0) is 16.1. The summed E-state index contributed by atoms with van der Waals surface area (Å²) in [6, 6.07) is 4.99. The maximum absolute atomic E-state index is 12.6. The van der Waals surface area contributed by atoms with Crippen LogP contribution in [0.4, 0.5) is 0 Å². The third-order valence-electron chi connectivity index (χ3n) is 3.77. The molecule has 3 rings (SSSR count). The molecule has 1 fully saturated rings. The standard InChI is InChI=1S/C16H18N4O3/c21-15-7-14(18-11-19-15)6-12-9-20(4-5-23-10-12)16(22)13-2-1-3-17-8-13/h1-3,7-8,11-12H,4-6,9-10H2,(H,18,19,21). The minimum absolute atomic E-state index is 0.0486. The molecule has 1 N–H and O–H groups in total. The van der Waals surface area contributed by atoms with E-state index in [1.807, 2.05) is 0 Å². The number of amides is 1. The lowest BCUT2D eigenvalue weighted by molar-refractivity contribution is 0.0737. The first-order chi connectivity index (χ1) is 11.2. The Bertz CT molecular complexity index is 717. The fourth-order valence-electron chi connectivity index (χ4n) is 2.68. The van der Waals surface area contributed by atoms with Crippen molar-refractivity contribution in [2.24, 2.45) is 5.92 Å². The van der Waals surface area contributed by atoms with E-state index in [2.05, 4.69) is 15.0 Å². The van der Waals surface area contributed by atoms with Gasteiger partial charge in [0.15, 0.2) is 0 Å². The van der Waals surface area contributed by atoms with Crippen LogP contribution in [0.15, 0.2) is 41.7 Å². The molecule has 0 aromatic carbocycles. The molecule has 0 spiro atoms. The number of aromatic amines is 1. The average Bonchev–Trinajstić information content (AvgIpc) is 2.80. The molecule has 1 unspecified atom stereocenters. The fraction of sp³-hybridized carbons (Fsp3) is 0.375. The predicted molar refractivity (Wildman–Crippen MR) is 83.0 cm³/mol. The van der Waals surface area contributed by atoms with Crippen LogP contribution in [0.1, 0.15) is 16.1 Å². The number of H-pyrrole nitrogens is 1. The number of ether oxygens (including phenoxy) is 1. The Morgan fingerprint density at radius 2 is 2.39 bits per heavy atom. The van der Waals surface area contributed by atoms with Crippen LogP contribution in [0.3, 0.4) is 0 Å². The highest BCUT2D eigenvalue weighted by Gasteiger charge is 2.24. The first kappa shape index (κ1) is 15.4. The van der Waals surface area contributed by atoms with Crippen molar-refractivity contribution in [3.63, 3.8) is 0 Å². The molecule has 2 aromatic heterocycles. The van der Waals surface area contributed by atoms with E-state index >= 15 is 0 Å². The summed E-state index contributed by atoms with van der Waals surface area (Å²) in [5.41, 5.74) is 1.10. The maximum Gasteiger partial charge on any atom is 0.255 e. The number of hydrogen-bond acceptors (Lipinski definition) is 5. The summed E-state index contributed by atoms with van der Waals surface area (Å²) in [6.07, 6.45) is 5.21. The third-order valence-corrected chi connectivity index (χ3v) is 3.77. The highest BCUT2D eigenvalue weighted by molar-refractivity contribution is 5.93. The van der Waals surface area contributed by atoms with Gasteiger partial charge in [0.1, 0.15) is 0 Å². The first-order valence-electron chi connectivity index (χ1n) is 7.53. The molecular weight excluding hydrogens is 296 g/mol. The summed E-state index contributed by atoms with van der Waals surface area (Å²) < 4.78 is 5.60. The van der Waals surface area contributed by atoms with Gasteiger partial charge in [0.05, 0.1) is 25.1 Å². The van der Waals surface area contributed by atoms with Crippen LogP contribution < -0.4 is 5.56 Å². The van der Waals surface area contributed by atoms with Crippen LogP contribution in [0.25, 0.3) is 0 Å². The Morgan fingerprint density at radius 1 is 1.48 bits per heavy atom. The van der Waals surface area contributed by atoms with E-state index in [-0.39, 0.29) is 17.4 Å². The van der Waals surface area contributed by atoms with Gasteiger partial charge in [-0.1, -0.05) is 0 Å². The van der Waals surface area contributed by atoms with Crippen LogP contribution in [0.5, 0.6) is 0 Å². The van der Waals surface area contributed by atoms with Gasteiger partial charge in [0.25, 0.3) is 11.5 Å². The smallest absolute Gasteiger partial charge is 0.255 e. The Hall–Kier alpha value is -2.54. The van der Waals surface area contributed by atoms with Gasteiger partial charge in [0, 0.05) is 43.2 Å². The van der Waals surface area contributed by atoms with Gasteiger partial charge in [-0.25, -0.2) is 4.98 Å². The largest absolute Gasteiger partial charge is 0.379 e. The van der Waals surface area contributed by atoms with Gasteiger partial charge in [-0.3, -0.25) is 14.6 Å². The van der Waals surface area contributed by atoms with E-state index in [4.69, 9.17) is 4.74 Å². The highest BCUT2D eigenvalue weighted by Crippen LogP contribution is 2.14. The van der Waals surface area contributed by atoms with Crippen molar-refractivity contribution in [1.29, 1.82) is 0 Å². The molecule has 0 radical (unpaired) electrons. The van der Waals surface area contributed by atoms with E-state index in [1.54, 1.807) is 29.4 Å². The normalized spacial score (nSPS) is 18.4. The van der Waals surface area contributed by atoms with Crippen molar-refractivity contribution in [1.82, 2.24) is 19.9 Å². The Morgan fingerprint density at radius 3 is 3.17 bits per heavy atom. The second kappa shape index (κ2) is 7.15. The van der Waals surface area contributed by atoms with Gasteiger partial charge >= 0.3 is 0 Å². The molecule has 0 aliphatic carbocycles. The topological polar surface area (TPSA) is 88.2 Å². The molecule has 1 aliphatic rings. The minimum atomic E-state index is -0.173. The fourth-order valence-corrected chi connectivity index (χ4v) is 2.68. The van der Waals surface area contributed by atoms with Crippen molar-refractivity contribution in [2.75, 3.05) is 26.3 Å². The zero-order valence-electron chi connectivity index (χ0n) is 12.6. The van der Waals surface area contributed by atoms with Crippen molar-refractivity contribution >= 4 is 5.91 Å². The van der Waals surface area contributed by atoms with E-state index in [0.29, 0.717) is 44.0 Å². The predicted octanol–water partition coefficient (Wildman–Crippen LogP) is 0.496. The highest BCUT2D eigenvalue weighted by atomic mass is 16.5. The average molecular weight is 314 g/mol. The maximum atomic E-state index is 12.6. The van der Waals surface area contributed by atoms with Gasteiger partial charge < -0.3 is 14.6 Å². The summed E-state index contributed by atoms with van der Waals surface area (Å²) in [5.74, 6) is 0.0555. The SMILES string of the molecule is O=C(c1cccnc1)N1CCOCC(Cc2cc(=O)[nH]cn2)C1. The summed E-state index contributed by atoms with van der Waals surface area (Å²) in [6.45, 7) is 2.17. The number of nitrogens with zero attached hydrogens (tertiary/aromatic N) is 3. The van der Waals surface area contributed by atoms with E-state index in [0.717, 1.165) is 0 Å². The van der Waals surface area contributed by atoms with Crippen LogP contribution in [0, 0.1) is 5.92 Å². The summed E-state index contributed by atoms with van der Waals surface area (Å²) in [4.78, 5) is 36.4. The molecule has 3 heterocycles. The van der Waals surface area contributed by atoms with Crippen LogP contribution in [-0.2, 0) is 11.2 Å². The molecule has 7 nitrogen and oxygen atoms in total. The lowest BCUT2D eigenvalue weighted by atomic mass is 10.0. The van der Waals surface area contributed by atoms with Crippen molar-refractivity contribution in [3.8, 4) is 0 Å². The molecule has 1 aliphatic heterocycles. The Balaban J connectivity index is 1.71. The Labute approximate surface area is 133 Å². The van der Waals surface area contributed by atoms with Crippen LogP contribution >= 0.6 is 0 Å². The van der Waals surface area contributed by atoms with Crippen molar-refractivity contribution < 1.29 is 9.53 Å². The summed E-state index contributed by atoms with van der Waals surface area (Å²) >= 11 is 0. The van der Waals surface area contributed by atoms with E-state index < -0.39 is 0 Å². The molecular formula is C16H18N4O3. The number of hydrogen-bond donors (Lipinski definition) is 1. The molecule has 0 saturated carbocycles. The van der Waals surface area contributed by atoms with Gasteiger partial charge in [0.2, 0.25) is 0 Å². The van der Waals surface area contributed by atoms with Crippen LogP contribution in [0.2, 0.25) is 0 Å². The lowest BCUT2D eigenvalue weighted by Crippen LogP contribution is -2.36.